The number of nitrogens with zero attached hydrogens (tertiary/aromatic N) is 1. The first kappa shape index (κ1) is 12.3. The van der Waals surface area contributed by atoms with Crippen molar-refractivity contribution in [2.24, 2.45) is 0 Å². The van der Waals surface area contributed by atoms with Crippen molar-refractivity contribution < 1.29 is 13.5 Å². The van der Waals surface area contributed by atoms with Crippen LogP contribution in [0.3, 0.4) is 0 Å². The first-order valence-electron chi connectivity index (χ1n) is 5.98. The third-order valence-electron chi connectivity index (χ3n) is 3.27. The van der Waals surface area contributed by atoms with Gasteiger partial charge in [0.15, 0.2) is 0 Å². The summed E-state index contributed by atoms with van der Waals surface area (Å²) >= 11 is 0. The van der Waals surface area contributed by atoms with Gasteiger partial charge in [-0.1, -0.05) is 0 Å². The lowest BCUT2D eigenvalue weighted by atomic mass is 10.2. The molecular weight excluding hydrogens is 228 g/mol. The Bertz CT molecular complexity index is 321. The van der Waals surface area contributed by atoms with Gasteiger partial charge in [-0.2, -0.15) is 4.31 Å². The lowest BCUT2D eigenvalue weighted by molar-refractivity contribution is 0.248. The number of aliphatic hydroxyl groups excluding tert-OH is 1. The second-order valence-electron chi connectivity index (χ2n) is 4.58. The van der Waals surface area contributed by atoms with Crippen LogP contribution in [0.15, 0.2) is 0 Å². The summed E-state index contributed by atoms with van der Waals surface area (Å²) in [7, 11) is -3.21. The van der Waals surface area contributed by atoms with E-state index in [1.165, 1.54) is 4.31 Å². The zero-order chi connectivity index (χ0) is 11.6. The van der Waals surface area contributed by atoms with Gasteiger partial charge in [0.1, 0.15) is 0 Å². The average Bonchev–Trinajstić information content (AvgIpc) is 3.11. The second-order valence-corrected chi connectivity index (χ2v) is 6.74. The smallest absolute Gasteiger partial charge is 0.218 e. The minimum atomic E-state index is -3.21. The second kappa shape index (κ2) is 5.00. The molecule has 0 aromatic carbocycles. The molecule has 1 aliphatic carbocycles. The number of nitrogens with one attached hydrogen (secondary N) is 1. The van der Waals surface area contributed by atoms with Crippen molar-refractivity contribution in [2.75, 3.05) is 26.2 Å². The van der Waals surface area contributed by atoms with Crippen LogP contribution in [0.25, 0.3) is 0 Å². The number of aliphatic hydroxyl groups is 1. The zero-order valence-electron chi connectivity index (χ0n) is 9.43. The Morgan fingerprint density at radius 1 is 1.31 bits per heavy atom. The largest absolute Gasteiger partial charge is 0.395 e. The molecule has 1 saturated carbocycles. The predicted octanol–water partition coefficient (Wildman–Crippen LogP) is -0.475. The van der Waals surface area contributed by atoms with Gasteiger partial charge >= 0.3 is 0 Å². The van der Waals surface area contributed by atoms with Crippen molar-refractivity contribution in [1.82, 2.24) is 9.62 Å². The molecule has 2 aliphatic rings. The summed E-state index contributed by atoms with van der Waals surface area (Å²) < 4.78 is 26.2. The average molecular weight is 248 g/mol. The molecule has 1 aliphatic heterocycles. The highest BCUT2D eigenvalue weighted by Gasteiger charge is 2.41. The number of hydrogen-bond donors (Lipinski definition) is 2. The maximum Gasteiger partial charge on any atom is 0.218 e. The van der Waals surface area contributed by atoms with Gasteiger partial charge in [0, 0.05) is 19.1 Å². The summed E-state index contributed by atoms with van der Waals surface area (Å²) in [6, 6.07) is 0.152. The van der Waals surface area contributed by atoms with E-state index < -0.39 is 10.0 Å². The fourth-order valence-electron chi connectivity index (χ4n) is 2.24. The van der Waals surface area contributed by atoms with E-state index in [0.717, 1.165) is 32.2 Å². The van der Waals surface area contributed by atoms with Crippen LogP contribution in [-0.4, -0.2) is 55.4 Å². The van der Waals surface area contributed by atoms with Gasteiger partial charge in [-0.15, -0.1) is 0 Å². The Kier molecular flexibility index (Phi) is 3.84. The highest BCUT2D eigenvalue weighted by atomic mass is 32.2. The van der Waals surface area contributed by atoms with Gasteiger partial charge in [-0.3, -0.25) is 0 Å². The lowest BCUT2D eigenvalue weighted by Crippen LogP contribution is -2.47. The van der Waals surface area contributed by atoms with E-state index in [2.05, 4.69) is 5.32 Å². The van der Waals surface area contributed by atoms with Crippen molar-refractivity contribution in [2.45, 2.75) is 37.0 Å². The molecule has 6 heteroatoms. The third-order valence-corrected chi connectivity index (χ3v) is 5.65. The quantitative estimate of drug-likeness (QED) is 0.690. The van der Waals surface area contributed by atoms with Gasteiger partial charge in [0.25, 0.3) is 0 Å². The summed E-state index contributed by atoms with van der Waals surface area (Å²) in [5.41, 5.74) is 0. The SMILES string of the molecule is O=S(=O)(C1CCCNC1)N(CCO)C1CC1. The van der Waals surface area contributed by atoms with E-state index in [4.69, 9.17) is 5.11 Å². The molecule has 0 spiro atoms. The van der Waals surface area contributed by atoms with Crippen molar-refractivity contribution >= 4 is 10.0 Å². The topological polar surface area (TPSA) is 69.6 Å². The molecule has 1 atom stereocenters. The Morgan fingerprint density at radius 3 is 2.56 bits per heavy atom. The molecule has 2 fully saturated rings. The molecule has 94 valence electrons. The maximum absolute atomic E-state index is 12.3. The summed E-state index contributed by atoms with van der Waals surface area (Å²) in [5, 5.41) is 11.8. The molecule has 1 saturated heterocycles. The Hall–Kier alpha value is -0.170. The van der Waals surface area contributed by atoms with Gasteiger partial charge in [-0.05, 0) is 32.2 Å². The number of rotatable bonds is 5. The zero-order valence-corrected chi connectivity index (χ0v) is 10.2. The molecule has 16 heavy (non-hydrogen) atoms. The van der Waals surface area contributed by atoms with Crippen LogP contribution in [0, 0.1) is 0 Å². The molecule has 1 heterocycles. The summed E-state index contributed by atoms with van der Waals surface area (Å²) in [6.07, 6.45) is 3.55. The fourth-order valence-corrected chi connectivity index (χ4v) is 4.38. The van der Waals surface area contributed by atoms with E-state index in [1.807, 2.05) is 0 Å². The van der Waals surface area contributed by atoms with Crippen molar-refractivity contribution in [3.63, 3.8) is 0 Å². The number of hydrogen-bond acceptors (Lipinski definition) is 4. The lowest BCUT2D eigenvalue weighted by Gasteiger charge is -2.29. The molecule has 0 aromatic rings. The van der Waals surface area contributed by atoms with Gasteiger partial charge in [-0.25, -0.2) is 8.42 Å². The first-order valence-corrected chi connectivity index (χ1v) is 7.49. The van der Waals surface area contributed by atoms with Crippen LogP contribution < -0.4 is 5.32 Å². The Balaban J connectivity index is 2.07. The monoisotopic (exact) mass is 248 g/mol. The van der Waals surface area contributed by atoms with Crippen LogP contribution in [0.5, 0.6) is 0 Å². The molecule has 2 rings (SSSR count). The van der Waals surface area contributed by atoms with Crippen LogP contribution >= 0.6 is 0 Å². The van der Waals surface area contributed by atoms with Crippen LogP contribution in [0.4, 0.5) is 0 Å². The number of piperidine rings is 1. The van der Waals surface area contributed by atoms with E-state index >= 15 is 0 Å². The predicted molar refractivity (Wildman–Crippen MR) is 61.6 cm³/mol. The molecule has 1 unspecified atom stereocenters. The Morgan fingerprint density at radius 2 is 2.06 bits per heavy atom. The standard InChI is InChI=1S/C10H20N2O3S/c13-7-6-12(9-3-4-9)16(14,15)10-2-1-5-11-8-10/h9-11,13H,1-8H2. The fraction of sp³-hybridized carbons (Fsp3) is 1.00. The molecular formula is C10H20N2O3S. The molecule has 0 aromatic heterocycles. The van der Waals surface area contributed by atoms with Crippen molar-refractivity contribution in [3.8, 4) is 0 Å². The molecule has 0 amide bonds. The van der Waals surface area contributed by atoms with E-state index in [1.54, 1.807) is 0 Å². The minimum Gasteiger partial charge on any atom is -0.395 e. The van der Waals surface area contributed by atoms with Crippen molar-refractivity contribution in [3.05, 3.63) is 0 Å². The molecule has 2 N–H and O–H groups in total. The summed E-state index contributed by atoms with van der Waals surface area (Å²) in [6.45, 7) is 1.63. The van der Waals surface area contributed by atoms with E-state index in [-0.39, 0.29) is 24.4 Å². The van der Waals surface area contributed by atoms with Gasteiger partial charge in [0.05, 0.1) is 11.9 Å². The normalized spacial score (nSPS) is 27.2. The molecule has 5 nitrogen and oxygen atoms in total. The Labute approximate surface area is 96.9 Å². The van der Waals surface area contributed by atoms with Crippen LogP contribution in [0.2, 0.25) is 0 Å². The van der Waals surface area contributed by atoms with Crippen LogP contribution in [0.1, 0.15) is 25.7 Å². The van der Waals surface area contributed by atoms with Gasteiger partial charge < -0.3 is 10.4 Å². The highest BCUT2D eigenvalue weighted by Crippen LogP contribution is 2.31. The van der Waals surface area contributed by atoms with E-state index in [0.29, 0.717) is 6.54 Å². The minimum absolute atomic E-state index is 0.0874. The highest BCUT2D eigenvalue weighted by molar-refractivity contribution is 7.89. The summed E-state index contributed by atoms with van der Waals surface area (Å²) in [4.78, 5) is 0. The van der Waals surface area contributed by atoms with E-state index in [9.17, 15) is 8.42 Å². The maximum atomic E-state index is 12.3. The van der Waals surface area contributed by atoms with Crippen LogP contribution in [-0.2, 0) is 10.0 Å². The van der Waals surface area contributed by atoms with Crippen molar-refractivity contribution in [1.29, 1.82) is 0 Å². The molecule has 0 bridgehead atoms. The van der Waals surface area contributed by atoms with Gasteiger partial charge in [0.2, 0.25) is 10.0 Å². The summed E-state index contributed by atoms with van der Waals surface area (Å²) in [5.74, 6) is 0. The molecule has 0 radical (unpaired) electrons. The number of sulfonamides is 1. The third kappa shape index (κ3) is 2.56. The first-order chi connectivity index (χ1) is 7.66.